The van der Waals surface area contributed by atoms with E-state index < -0.39 is 4.92 Å². The summed E-state index contributed by atoms with van der Waals surface area (Å²) in [7, 11) is 0. The number of benzene rings is 1. The summed E-state index contributed by atoms with van der Waals surface area (Å²) in [5.41, 5.74) is 7.36. The summed E-state index contributed by atoms with van der Waals surface area (Å²) < 4.78 is 0. The Morgan fingerprint density at radius 3 is 2.70 bits per heavy atom. The summed E-state index contributed by atoms with van der Waals surface area (Å²) in [6, 6.07) is 4.57. The fourth-order valence-corrected chi connectivity index (χ4v) is 2.68. The minimum Gasteiger partial charge on any atom is -0.398 e. The minimum atomic E-state index is -0.400. The number of nitro benzene ring substituents is 1. The van der Waals surface area contributed by atoms with E-state index in [-0.39, 0.29) is 11.8 Å². The third kappa shape index (κ3) is 3.46. The highest BCUT2D eigenvalue weighted by Gasteiger charge is 2.23. The fraction of sp³-hybridized carbons (Fsp3) is 0.571. The van der Waals surface area contributed by atoms with Gasteiger partial charge in [0.25, 0.3) is 5.69 Å². The average Bonchev–Trinajstić information content (AvgIpc) is 2.41. The smallest absolute Gasteiger partial charge is 0.269 e. The molecular weight excluding hydrogens is 258 g/mol. The van der Waals surface area contributed by atoms with Crippen molar-refractivity contribution in [3.63, 3.8) is 0 Å². The molecule has 0 spiro atoms. The summed E-state index contributed by atoms with van der Waals surface area (Å²) in [5, 5.41) is 20.4. The van der Waals surface area contributed by atoms with Crippen LogP contribution in [0.15, 0.2) is 18.2 Å². The molecule has 0 bridgehead atoms. The van der Waals surface area contributed by atoms with E-state index in [0.717, 1.165) is 31.5 Å². The number of hydrogen-bond donors (Lipinski definition) is 2. The number of piperidine rings is 1. The molecule has 110 valence electrons. The first-order valence-corrected chi connectivity index (χ1v) is 6.90. The van der Waals surface area contributed by atoms with E-state index in [0.29, 0.717) is 18.2 Å². The largest absolute Gasteiger partial charge is 0.398 e. The highest BCUT2D eigenvalue weighted by atomic mass is 16.6. The van der Waals surface area contributed by atoms with Crippen molar-refractivity contribution in [3.05, 3.63) is 33.9 Å². The number of hydrogen-bond acceptors (Lipinski definition) is 5. The first-order chi connectivity index (χ1) is 9.47. The van der Waals surface area contributed by atoms with Crippen molar-refractivity contribution >= 4 is 11.4 Å². The number of non-ortho nitro benzene ring substituents is 1. The van der Waals surface area contributed by atoms with Gasteiger partial charge in [-0.05, 0) is 50.4 Å². The van der Waals surface area contributed by atoms with Crippen LogP contribution in [0.2, 0.25) is 0 Å². The van der Waals surface area contributed by atoms with E-state index in [4.69, 9.17) is 5.73 Å². The van der Waals surface area contributed by atoms with Crippen molar-refractivity contribution in [1.29, 1.82) is 0 Å². The molecule has 20 heavy (non-hydrogen) atoms. The Kier molecular flexibility index (Phi) is 4.57. The van der Waals surface area contributed by atoms with Crippen molar-refractivity contribution in [3.8, 4) is 0 Å². The molecule has 1 heterocycles. The number of nitrogen functional groups attached to an aromatic ring is 1. The molecule has 1 atom stereocenters. The summed E-state index contributed by atoms with van der Waals surface area (Å²) in [4.78, 5) is 12.6. The van der Waals surface area contributed by atoms with Crippen molar-refractivity contribution in [2.75, 3.05) is 18.8 Å². The SMILES string of the molecule is CC(O)C1CCN(Cc2cc([N+](=O)[O-])ccc2N)CC1. The second-order valence-electron chi connectivity index (χ2n) is 5.49. The second kappa shape index (κ2) is 6.19. The van der Waals surface area contributed by atoms with Gasteiger partial charge in [0.1, 0.15) is 0 Å². The van der Waals surface area contributed by atoms with Crippen LogP contribution < -0.4 is 5.73 Å². The monoisotopic (exact) mass is 279 g/mol. The maximum Gasteiger partial charge on any atom is 0.269 e. The molecule has 0 amide bonds. The highest BCUT2D eigenvalue weighted by molar-refractivity contribution is 5.52. The third-order valence-corrected chi connectivity index (χ3v) is 4.05. The molecule has 2 rings (SSSR count). The molecule has 6 heteroatoms. The molecule has 6 nitrogen and oxygen atoms in total. The molecule has 1 aliphatic rings. The first kappa shape index (κ1) is 14.7. The van der Waals surface area contributed by atoms with Crippen molar-refractivity contribution in [2.45, 2.75) is 32.4 Å². The molecular formula is C14H21N3O3. The molecule has 0 aliphatic carbocycles. The van der Waals surface area contributed by atoms with Gasteiger partial charge in [-0.15, -0.1) is 0 Å². The number of aliphatic hydroxyl groups is 1. The lowest BCUT2D eigenvalue weighted by Crippen LogP contribution is -2.36. The van der Waals surface area contributed by atoms with E-state index in [1.54, 1.807) is 12.1 Å². The zero-order valence-corrected chi connectivity index (χ0v) is 11.7. The van der Waals surface area contributed by atoms with Crippen LogP contribution in [0.3, 0.4) is 0 Å². The van der Waals surface area contributed by atoms with Gasteiger partial charge in [-0.2, -0.15) is 0 Å². The Labute approximate surface area is 118 Å². The Hall–Kier alpha value is -1.66. The fourth-order valence-electron chi connectivity index (χ4n) is 2.68. The van der Waals surface area contributed by atoms with Crippen LogP contribution in [0.25, 0.3) is 0 Å². The second-order valence-corrected chi connectivity index (χ2v) is 5.49. The van der Waals surface area contributed by atoms with Gasteiger partial charge >= 0.3 is 0 Å². The van der Waals surface area contributed by atoms with Gasteiger partial charge in [0.15, 0.2) is 0 Å². The third-order valence-electron chi connectivity index (χ3n) is 4.05. The van der Waals surface area contributed by atoms with Crippen molar-refractivity contribution in [2.24, 2.45) is 5.92 Å². The molecule has 0 aromatic heterocycles. The van der Waals surface area contributed by atoms with Gasteiger partial charge in [-0.3, -0.25) is 15.0 Å². The van der Waals surface area contributed by atoms with Crippen LogP contribution in [-0.4, -0.2) is 34.1 Å². The number of aliphatic hydroxyl groups excluding tert-OH is 1. The topological polar surface area (TPSA) is 92.6 Å². The van der Waals surface area contributed by atoms with Gasteiger partial charge in [-0.25, -0.2) is 0 Å². The maximum atomic E-state index is 10.8. The number of rotatable bonds is 4. The summed E-state index contributed by atoms with van der Waals surface area (Å²) in [5.74, 6) is 0.355. The van der Waals surface area contributed by atoms with E-state index in [1.807, 2.05) is 6.92 Å². The van der Waals surface area contributed by atoms with Crippen LogP contribution >= 0.6 is 0 Å². The number of nitrogens with zero attached hydrogens (tertiary/aromatic N) is 2. The lowest BCUT2D eigenvalue weighted by Gasteiger charge is -2.33. The molecule has 3 N–H and O–H groups in total. The quantitative estimate of drug-likeness (QED) is 0.498. The van der Waals surface area contributed by atoms with Crippen LogP contribution in [-0.2, 0) is 6.54 Å². The van der Waals surface area contributed by atoms with Crippen molar-refractivity contribution in [1.82, 2.24) is 4.90 Å². The number of nitrogens with two attached hydrogens (primary N) is 1. The summed E-state index contributed by atoms with van der Waals surface area (Å²) >= 11 is 0. The van der Waals surface area contributed by atoms with Crippen LogP contribution in [0.4, 0.5) is 11.4 Å². The van der Waals surface area contributed by atoms with Gasteiger partial charge < -0.3 is 10.8 Å². The van der Waals surface area contributed by atoms with Crippen LogP contribution in [0.1, 0.15) is 25.3 Å². The standard InChI is InChI=1S/C14H21N3O3/c1-10(18)11-4-6-16(7-5-11)9-12-8-13(17(19)20)2-3-14(12)15/h2-3,8,10-11,18H,4-7,9,15H2,1H3. The van der Waals surface area contributed by atoms with Crippen LogP contribution in [0.5, 0.6) is 0 Å². The molecule has 1 aliphatic heterocycles. The summed E-state index contributed by atoms with van der Waals surface area (Å²) in [6.45, 7) is 4.23. The molecule has 0 saturated carbocycles. The lowest BCUT2D eigenvalue weighted by atomic mass is 9.92. The Morgan fingerprint density at radius 2 is 2.15 bits per heavy atom. The Balaban J connectivity index is 2.00. The Morgan fingerprint density at radius 1 is 1.50 bits per heavy atom. The predicted molar refractivity (Wildman–Crippen MR) is 77.2 cm³/mol. The molecule has 1 aromatic rings. The lowest BCUT2D eigenvalue weighted by molar-refractivity contribution is -0.384. The van der Waals surface area contributed by atoms with Gasteiger partial charge in [0, 0.05) is 24.4 Å². The van der Waals surface area contributed by atoms with E-state index in [2.05, 4.69) is 4.90 Å². The first-order valence-electron chi connectivity index (χ1n) is 6.90. The highest BCUT2D eigenvalue weighted by Crippen LogP contribution is 2.25. The average molecular weight is 279 g/mol. The normalized spacial score (nSPS) is 18.9. The zero-order chi connectivity index (χ0) is 14.7. The number of anilines is 1. The number of likely N-dealkylation sites (tertiary alicyclic amines) is 1. The molecule has 1 aromatic carbocycles. The van der Waals surface area contributed by atoms with Gasteiger partial charge in [0.2, 0.25) is 0 Å². The van der Waals surface area contributed by atoms with Crippen LogP contribution in [0, 0.1) is 16.0 Å². The molecule has 1 saturated heterocycles. The molecule has 1 unspecified atom stereocenters. The minimum absolute atomic E-state index is 0.0769. The van der Waals surface area contributed by atoms with Gasteiger partial charge in [0.05, 0.1) is 11.0 Å². The zero-order valence-electron chi connectivity index (χ0n) is 11.7. The maximum absolute atomic E-state index is 10.8. The molecule has 0 radical (unpaired) electrons. The predicted octanol–water partition coefficient (Wildman–Crippen LogP) is 1.77. The van der Waals surface area contributed by atoms with E-state index in [9.17, 15) is 15.2 Å². The Bertz CT molecular complexity index is 483. The van der Waals surface area contributed by atoms with E-state index in [1.165, 1.54) is 6.07 Å². The van der Waals surface area contributed by atoms with Gasteiger partial charge in [-0.1, -0.05) is 0 Å². The van der Waals surface area contributed by atoms with E-state index >= 15 is 0 Å². The van der Waals surface area contributed by atoms with Crippen molar-refractivity contribution < 1.29 is 10.0 Å². The summed E-state index contributed by atoms with van der Waals surface area (Å²) in [6.07, 6.45) is 1.64. The molecule has 1 fully saturated rings. The number of nitro groups is 1.